The normalized spacial score (nSPS) is 9.94. The lowest BCUT2D eigenvalue weighted by atomic mass is 9.98. The van der Waals surface area contributed by atoms with Crippen LogP contribution < -0.4 is 0 Å². The first-order chi connectivity index (χ1) is 7.65. The number of esters is 1. The number of hydrogen-bond acceptors (Lipinski definition) is 3. The van der Waals surface area contributed by atoms with Crippen LogP contribution in [0.3, 0.4) is 0 Å². The van der Waals surface area contributed by atoms with Crippen LogP contribution in [-0.4, -0.2) is 18.9 Å². The van der Waals surface area contributed by atoms with Crippen molar-refractivity contribution < 1.29 is 14.3 Å². The summed E-state index contributed by atoms with van der Waals surface area (Å²) in [6, 6.07) is 5.23. The molecule has 3 nitrogen and oxygen atoms in total. The Morgan fingerprint density at radius 2 is 2.06 bits per heavy atom. The van der Waals surface area contributed by atoms with Crippen molar-refractivity contribution >= 4 is 27.7 Å². The van der Waals surface area contributed by atoms with Gasteiger partial charge >= 0.3 is 5.97 Å². The lowest BCUT2D eigenvalue weighted by Gasteiger charge is -2.10. The van der Waals surface area contributed by atoms with Crippen LogP contribution in [0.2, 0.25) is 0 Å². The van der Waals surface area contributed by atoms with Gasteiger partial charge in [-0.25, -0.2) is 4.79 Å². The van der Waals surface area contributed by atoms with E-state index in [1.165, 1.54) is 7.11 Å². The number of rotatable bonds is 4. The summed E-state index contributed by atoms with van der Waals surface area (Å²) in [5, 5.41) is 0.516. The van der Waals surface area contributed by atoms with Gasteiger partial charge in [0.25, 0.3) is 0 Å². The smallest absolute Gasteiger partial charge is 0.338 e. The maximum Gasteiger partial charge on any atom is 0.338 e. The summed E-state index contributed by atoms with van der Waals surface area (Å²) in [5.74, 6) is -0.518. The molecule has 0 aliphatic carbocycles. The Bertz CT molecular complexity index is 413. The number of benzene rings is 1. The summed E-state index contributed by atoms with van der Waals surface area (Å²) in [5.41, 5.74) is 1.58. The minimum Gasteiger partial charge on any atom is -0.465 e. The first kappa shape index (κ1) is 12.9. The standard InChI is InChI=1S/C12H13BrO3/c1-3-10(14)9-6-4-5-8(7-13)11(9)12(15)16-2/h4-6H,3,7H2,1-2H3. The molecule has 1 aromatic carbocycles. The van der Waals surface area contributed by atoms with Gasteiger partial charge in [0.2, 0.25) is 0 Å². The van der Waals surface area contributed by atoms with Crippen molar-refractivity contribution in [2.45, 2.75) is 18.7 Å². The molecular weight excluding hydrogens is 272 g/mol. The number of halogens is 1. The fourth-order valence-electron chi connectivity index (χ4n) is 1.48. The lowest BCUT2D eigenvalue weighted by molar-refractivity contribution is 0.0596. The molecule has 0 fully saturated rings. The number of Topliss-reactive ketones (excluding diaryl/α,β-unsaturated/α-hetero) is 1. The van der Waals surface area contributed by atoms with Crippen molar-refractivity contribution in [2.24, 2.45) is 0 Å². The van der Waals surface area contributed by atoms with Crippen LogP contribution in [0.4, 0.5) is 0 Å². The van der Waals surface area contributed by atoms with Crippen LogP contribution in [0, 0.1) is 0 Å². The predicted octanol–water partition coefficient (Wildman–Crippen LogP) is 2.96. The molecule has 0 amide bonds. The molecule has 1 aromatic rings. The molecule has 0 atom stereocenters. The molecule has 0 N–H and O–H groups in total. The molecule has 0 saturated carbocycles. The number of carbonyl (C=O) groups excluding carboxylic acids is 2. The lowest BCUT2D eigenvalue weighted by Crippen LogP contribution is -2.12. The Hall–Kier alpha value is -1.16. The molecule has 0 heterocycles. The summed E-state index contributed by atoms with van der Waals surface area (Å²) < 4.78 is 4.70. The van der Waals surface area contributed by atoms with Gasteiger partial charge in [0.1, 0.15) is 0 Å². The second kappa shape index (κ2) is 5.80. The van der Waals surface area contributed by atoms with Gasteiger partial charge in [-0.3, -0.25) is 4.79 Å². The van der Waals surface area contributed by atoms with Crippen molar-refractivity contribution in [1.82, 2.24) is 0 Å². The summed E-state index contributed by atoms with van der Waals surface area (Å²) in [6.45, 7) is 1.77. The quantitative estimate of drug-likeness (QED) is 0.485. The Kier molecular flexibility index (Phi) is 4.68. The van der Waals surface area contributed by atoms with Crippen molar-refractivity contribution in [1.29, 1.82) is 0 Å². The number of methoxy groups -OCH3 is 1. The van der Waals surface area contributed by atoms with Gasteiger partial charge in [-0.15, -0.1) is 0 Å². The predicted molar refractivity (Wildman–Crippen MR) is 65.0 cm³/mol. The Balaban J connectivity index is 3.37. The second-order valence-corrected chi connectivity index (χ2v) is 3.80. The van der Waals surface area contributed by atoms with E-state index in [-0.39, 0.29) is 5.78 Å². The molecule has 86 valence electrons. The van der Waals surface area contributed by atoms with Crippen molar-refractivity contribution in [2.75, 3.05) is 7.11 Å². The average Bonchev–Trinajstić information content (AvgIpc) is 2.35. The van der Waals surface area contributed by atoms with E-state index in [1.54, 1.807) is 25.1 Å². The number of alkyl halides is 1. The van der Waals surface area contributed by atoms with Gasteiger partial charge < -0.3 is 4.74 Å². The number of carbonyl (C=O) groups is 2. The van der Waals surface area contributed by atoms with E-state index in [1.807, 2.05) is 0 Å². The largest absolute Gasteiger partial charge is 0.465 e. The van der Waals surface area contributed by atoms with E-state index in [2.05, 4.69) is 15.9 Å². The SMILES string of the molecule is CCC(=O)c1cccc(CBr)c1C(=O)OC. The van der Waals surface area contributed by atoms with E-state index in [0.29, 0.717) is 22.9 Å². The Morgan fingerprint density at radius 1 is 1.38 bits per heavy atom. The monoisotopic (exact) mass is 284 g/mol. The fourth-order valence-corrected chi connectivity index (χ4v) is 1.94. The molecule has 0 bridgehead atoms. The van der Waals surface area contributed by atoms with Gasteiger partial charge in [-0.05, 0) is 5.56 Å². The number of ether oxygens (including phenoxy) is 1. The van der Waals surface area contributed by atoms with Gasteiger partial charge in [0, 0.05) is 17.3 Å². The zero-order valence-corrected chi connectivity index (χ0v) is 10.8. The van der Waals surface area contributed by atoms with Gasteiger partial charge in [0.05, 0.1) is 12.7 Å². The van der Waals surface area contributed by atoms with E-state index in [4.69, 9.17) is 4.74 Å². The minimum absolute atomic E-state index is 0.0526. The molecule has 0 aliphatic rings. The molecule has 0 spiro atoms. The number of hydrogen-bond donors (Lipinski definition) is 0. The van der Waals surface area contributed by atoms with Crippen molar-refractivity contribution in [3.63, 3.8) is 0 Å². The van der Waals surface area contributed by atoms with Crippen molar-refractivity contribution in [3.8, 4) is 0 Å². The summed E-state index contributed by atoms with van der Waals surface area (Å²) in [4.78, 5) is 23.3. The highest BCUT2D eigenvalue weighted by Crippen LogP contribution is 2.20. The van der Waals surface area contributed by atoms with Crippen LogP contribution in [-0.2, 0) is 10.1 Å². The van der Waals surface area contributed by atoms with E-state index in [9.17, 15) is 9.59 Å². The maximum absolute atomic E-state index is 11.7. The Morgan fingerprint density at radius 3 is 2.56 bits per heavy atom. The molecule has 0 aliphatic heterocycles. The summed E-state index contributed by atoms with van der Waals surface area (Å²) >= 11 is 3.29. The molecular formula is C12H13BrO3. The van der Waals surface area contributed by atoms with Crippen LogP contribution in [0.5, 0.6) is 0 Å². The summed E-state index contributed by atoms with van der Waals surface area (Å²) in [7, 11) is 1.31. The number of ketones is 1. The van der Waals surface area contributed by atoms with Crippen LogP contribution in [0.25, 0.3) is 0 Å². The zero-order chi connectivity index (χ0) is 12.1. The third-order valence-corrected chi connectivity index (χ3v) is 2.91. The third-order valence-electron chi connectivity index (χ3n) is 2.31. The van der Waals surface area contributed by atoms with Crippen LogP contribution in [0.15, 0.2) is 18.2 Å². The maximum atomic E-state index is 11.7. The van der Waals surface area contributed by atoms with Gasteiger partial charge in [-0.2, -0.15) is 0 Å². The first-order valence-corrected chi connectivity index (χ1v) is 6.07. The molecule has 1 rings (SSSR count). The third kappa shape index (κ3) is 2.50. The second-order valence-electron chi connectivity index (χ2n) is 3.24. The van der Waals surface area contributed by atoms with E-state index in [0.717, 1.165) is 5.56 Å². The van der Waals surface area contributed by atoms with E-state index < -0.39 is 5.97 Å². The average molecular weight is 285 g/mol. The van der Waals surface area contributed by atoms with Crippen LogP contribution >= 0.6 is 15.9 Å². The highest BCUT2D eigenvalue weighted by molar-refractivity contribution is 9.08. The zero-order valence-electron chi connectivity index (χ0n) is 9.25. The molecule has 16 heavy (non-hydrogen) atoms. The minimum atomic E-state index is -0.466. The topological polar surface area (TPSA) is 43.4 Å². The highest BCUT2D eigenvalue weighted by atomic mass is 79.9. The fraction of sp³-hybridized carbons (Fsp3) is 0.333. The van der Waals surface area contributed by atoms with Gasteiger partial charge in [-0.1, -0.05) is 41.1 Å². The molecule has 0 aromatic heterocycles. The molecule has 0 saturated heterocycles. The highest BCUT2D eigenvalue weighted by Gasteiger charge is 2.19. The van der Waals surface area contributed by atoms with Crippen LogP contribution in [0.1, 0.15) is 39.6 Å². The Labute approximate surface area is 103 Å². The van der Waals surface area contributed by atoms with E-state index >= 15 is 0 Å². The summed E-state index contributed by atoms with van der Waals surface area (Å²) in [6.07, 6.45) is 0.371. The molecule has 0 unspecified atom stereocenters. The van der Waals surface area contributed by atoms with Gasteiger partial charge in [0.15, 0.2) is 5.78 Å². The van der Waals surface area contributed by atoms with Crippen molar-refractivity contribution in [3.05, 3.63) is 34.9 Å². The molecule has 4 heteroatoms. The molecule has 0 radical (unpaired) electrons. The first-order valence-electron chi connectivity index (χ1n) is 4.95.